The van der Waals surface area contributed by atoms with Crippen LogP contribution in [-0.4, -0.2) is 36.3 Å². The number of nitrogens with zero attached hydrogens (tertiary/aromatic N) is 4. The lowest BCUT2D eigenvalue weighted by Crippen LogP contribution is -2.12. The van der Waals surface area contributed by atoms with Crippen molar-refractivity contribution in [3.8, 4) is 22.5 Å². The summed E-state index contributed by atoms with van der Waals surface area (Å²) in [6.07, 6.45) is 5.96. The van der Waals surface area contributed by atoms with Gasteiger partial charge in [-0.2, -0.15) is 0 Å². The largest absolute Gasteiger partial charge is 0.368 e. The van der Waals surface area contributed by atoms with Crippen LogP contribution in [0.3, 0.4) is 0 Å². The molecule has 0 spiro atoms. The Hall–Kier alpha value is -4.28. The van der Waals surface area contributed by atoms with Gasteiger partial charge in [0.2, 0.25) is 5.95 Å². The fourth-order valence-corrected chi connectivity index (χ4v) is 4.17. The molecule has 1 unspecified atom stereocenters. The first-order valence-corrected chi connectivity index (χ1v) is 12.7. The average Bonchev–Trinajstić information content (AvgIpc) is 3.37. The van der Waals surface area contributed by atoms with E-state index in [9.17, 15) is 9.50 Å². The molecular formula is C27H24FN7OS. The third-order valence-corrected chi connectivity index (χ3v) is 6.27. The quantitative estimate of drug-likeness (QED) is 0.149. The highest BCUT2D eigenvalue weighted by atomic mass is 32.2. The molecule has 0 aliphatic heterocycles. The molecular weight excluding hydrogens is 489 g/mol. The molecule has 4 N–H and O–H groups in total. The number of aryl methyl sites for hydroxylation is 1. The Labute approximate surface area is 217 Å². The molecule has 1 atom stereocenters. The van der Waals surface area contributed by atoms with Crippen LogP contribution in [0.4, 0.5) is 21.7 Å². The van der Waals surface area contributed by atoms with Gasteiger partial charge in [0.15, 0.2) is 11.4 Å². The van der Waals surface area contributed by atoms with Crippen LogP contribution in [0.5, 0.6) is 0 Å². The molecule has 0 radical (unpaired) electrons. The number of anilines is 3. The molecule has 0 aliphatic carbocycles. The summed E-state index contributed by atoms with van der Waals surface area (Å²) in [6.45, 7) is 1.97. The molecule has 5 rings (SSSR count). The molecule has 3 aromatic heterocycles. The molecule has 0 saturated heterocycles. The van der Waals surface area contributed by atoms with Gasteiger partial charge in [0, 0.05) is 41.1 Å². The van der Waals surface area contributed by atoms with Crippen molar-refractivity contribution in [3.05, 3.63) is 96.3 Å². The molecule has 2 aromatic carbocycles. The van der Waals surface area contributed by atoms with E-state index in [0.29, 0.717) is 33.7 Å². The number of aromatic amines is 1. The van der Waals surface area contributed by atoms with Gasteiger partial charge in [-0.1, -0.05) is 17.8 Å². The first-order valence-electron chi connectivity index (χ1n) is 11.5. The van der Waals surface area contributed by atoms with Crippen molar-refractivity contribution in [2.75, 3.05) is 16.9 Å². The fraction of sp³-hybridized carbons (Fsp3) is 0.111. The van der Waals surface area contributed by atoms with E-state index in [4.69, 9.17) is 0 Å². The number of imidazole rings is 1. The third-order valence-electron chi connectivity index (χ3n) is 5.69. The highest BCUT2D eigenvalue weighted by Gasteiger charge is 2.20. The van der Waals surface area contributed by atoms with Gasteiger partial charge in [0.25, 0.3) is 0 Å². The number of H-pyrrole nitrogens is 1. The molecule has 0 saturated carbocycles. The Bertz CT molecular complexity index is 1510. The number of aliphatic hydroxyl groups excluding tert-OH is 1. The highest BCUT2D eigenvalue weighted by Crippen LogP contribution is 2.31. The van der Waals surface area contributed by atoms with Crippen LogP contribution < -0.4 is 10.6 Å². The minimum atomic E-state index is -1.09. The van der Waals surface area contributed by atoms with E-state index in [1.54, 1.807) is 30.7 Å². The number of aliphatic hydroxyl groups is 1. The maximum atomic E-state index is 13.4. The SMILES string of the molecule is CSc1nc(-c2ccc(F)cc2)c(C(O)Nc2ccc(C)c(Nc3nccc(-c4cccnc4)n3)c2)[nH]1. The minimum absolute atomic E-state index is 0.334. The first-order chi connectivity index (χ1) is 18.0. The predicted octanol–water partition coefficient (Wildman–Crippen LogP) is 5.94. The zero-order valence-electron chi connectivity index (χ0n) is 20.1. The Morgan fingerprint density at radius 3 is 2.59 bits per heavy atom. The van der Waals surface area contributed by atoms with Crippen molar-refractivity contribution >= 4 is 29.1 Å². The Morgan fingerprint density at radius 2 is 1.84 bits per heavy atom. The average molecular weight is 514 g/mol. The second kappa shape index (κ2) is 10.8. The van der Waals surface area contributed by atoms with Crippen molar-refractivity contribution in [1.29, 1.82) is 0 Å². The van der Waals surface area contributed by atoms with Gasteiger partial charge in [-0.05, 0) is 73.3 Å². The van der Waals surface area contributed by atoms with E-state index < -0.39 is 6.23 Å². The van der Waals surface area contributed by atoms with E-state index >= 15 is 0 Å². The summed E-state index contributed by atoms with van der Waals surface area (Å²) in [4.78, 5) is 20.8. The zero-order chi connectivity index (χ0) is 25.8. The number of aromatic nitrogens is 5. The molecule has 37 heavy (non-hydrogen) atoms. The van der Waals surface area contributed by atoms with Gasteiger partial charge in [0.1, 0.15) is 5.82 Å². The maximum Gasteiger partial charge on any atom is 0.227 e. The number of thioether (sulfide) groups is 1. The molecule has 0 fully saturated rings. The summed E-state index contributed by atoms with van der Waals surface area (Å²) in [5, 5.41) is 18.1. The molecule has 3 heterocycles. The maximum absolute atomic E-state index is 13.4. The number of nitrogens with one attached hydrogen (secondary N) is 3. The Balaban J connectivity index is 1.38. The summed E-state index contributed by atoms with van der Waals surface area (Å²) in [5.74, 6) is 0.109. The van der Waals surface area contributed by atoms with E-state index in [-0.39, 0.29) is 5.82 Å². The molecule has 10 heteroatoms. The van der Waals surface area contributed by atoms with Crippen molar-refractivity contribution in [3.63, 3.8) is 0 Å². The Kier molecular flexibility index (Phi) is 7.11. The van der Waals surface area contributed by atoms with Crippen LogP contribution in [0.2, 0.25) is 0 Å². The van der Waals surface area contributed by atoms with Crippen LogP contribution in [0, 0.1) is 12.7 Å². The van der Waals surface area contributed by atoms with Gasteiger partial charge in [0.05, 0.1) is 17.1 Å². The third kappa shape index (κ3) is 5.60. The lowest BCUT2D eigenvalue weighted by molar-refractivity contribution is 0.204. The topological polar surface area (TPSA) is 112 Å². The molecule has 5 aromatic rings. The number of hydrogen-bond donors (Lipinski definition) is 4. The second-order valence-electron chi connectivity index (χ2n) is 8.22. The molecule has 0 aliphatic rings. The number of benzene rings is 2. The van der Waals surface area contributed by atoms with E-state index in [1.165, 1.54) is 23.9 Å². The van der Waals surface area contributed by atoms with Crippen molar-refractivity contribution in [2.45, 2.75) is 18.3 Å². The second-order valence-corrected chi connectivity index (χ2v) is 9.02. The first kappa shape index (κ1) is 24.4. The van der Waals surface area contributed by atoms with Crippen molar-refractivity contribution in [1.82, 2.24) is 24.9 Å². The van der Waals surface area contributed by atoms with Gasteiger partial charge in [-0.15, -0.1) is 0 Å². The van der Waals surface area contributed by atoms with Gasteiger partial charge in [-0.3, -0.25) is 4.98 Å². The van der Waals surface area contributed by atoms with Crippen LogP contribution in [-0.2, 0) is 0 Å². The summed E-state index contributed by atoms with van der Waals surface area (Å²) in [6, 6.07) is 17.3. The predicted molar refractivity (Wildman–Crippen MR) is 144 cm³/mol. The molecule has 8 nitrogen and oxygen atoms in total. The molecule has 0 amide bonds. The number of pyridine rings is 1. The van der Waals surface area contributed by atoms with E-state index in [2.05, 4.69) is 35.6 Å². The van der Waals surface area contributed by atoms with Crippen LogP contribution in [0.1, 0.15) is 17.5 Å². The molecule has 186 valence electrons. The zero-order valence-corrected chi connectivity index (χ0v) is 20.9. The fourth-order valence-electron chi connectivity index (χ4n) is 3.78. The van der Waals surface area contributed by atoms with Gasteiger partial charge < -0.3 is 20.7 Å². The monoisotopic (exact) mass is 513 g/mol. The summed E-state index contributed by atoms with van der Waals surface area (Å²) < 4.78 is 13.4. The van der Waals surface area contributed by atoms with Crippen LogP contribution >= 0.6 is 11.8 Å². The summed E-state index contributed by atoms with van der Waals surface area (Å²) in [5.41, 5.74) is 5.82. The van der Waals surface area contributed by atoms with Crippen molar-refractivity contribution < 1.29 is 9.50 Å². The smallest absolute Gasteiger partial charge is 0.227 e. The lowest BCUT2D eigenvalue weighted by atomic mass is 10.1. The minimum Gasteiger partial charge on any atom is -0.368 e. The van der Waals surface area contributed by atoms with Crippen LogP contribution in [0.15, 0.2) is 84.4 Å². The summed E-state index contributed by atoms with van der Waals surface area (Å²) >= 11 is 1.42. The lowest BCUT2D eigenvalue weighted by Gasteiger charge is -2.17. The highest BCUT2D eigenvalue weighted by molar-refractivity contribution is 7.98. The van der Waals surface area contributed by atoms with Gasteiger partial charge >= 0.3 is 0 Å². The van der Waals surface area contributed by atoms with Crippen molar-refractivity contribution in [2.24, 2.45) is 0 Å². The standard InChI is InChI=1S/C27H24FN7OS/c1-16-5-10-20(14-22(16)33-26-30-13-11-21(32-26)18-4-3-12-29-15-18)31-25(36)24-23(34-27(35-24)37-2)17-6-8-19(28)9-7-17/h3-15,25,31,36H,1-2H3,(H,34,35)(H,30,32,33). The molecule has 0 bridgehead atoms. The van der Waals surface area contributed by atoms with E-state index in [1.807, 2.05) is 49.6 Å². The van der Waals surface area contributed by atoms with Crippen LogP contribution in [0.25, 0.3) is 22.5 Å². The van der Waals surface area contributed by atoms with Gasteiger partial charge in [-0.25, -0.2) is 19.3 Å². The number of hydrogen-bond acceptors (Lipinski definition) is 8. The number of halogens is 1. The number of rotatable bonds is 8. The van der Waals surface area contributed by atoms with E-state index in [0.717, 1.165) is 22.5 Å². The normalized spacial score (nSPS) is 11.8. The summed E-state index contributed by atoms with van der Waals surface area (Å²) in [7, 11) is 0. The Morgan fingerprint density at radius 1 is 1.00 bits per heavy atom.